The van der Waals surface area contributed by atoms with E-state index in [1.165, 1.54) is 7.11 Å². The van der Waals surface area contributed by atoms with Gasteiger partial charge in [0.15, 0.2) is 11.9 Å². The van der Waals surface area contributed by atoms with Crippen molar-refractivity contribution >= 4 is 29.4 Å². The van der Waals surface area contributed by atoms with Crippen molar-refractivity contribution in [1.82, 2.24) is 19.6 Å². The summed E-state index contributed by atoms with van der Waals surface area (Å²) in [6.45, 7) is 6.42. The minimum absolute atomic E-state index is 0.131. The number of piperazine rings is 1. The van der Waals surface area contributed by atoms with Crippen LogP contribution >= 0.6 is 0 Å². The van der Waals surface area contributed by atoms with E-state index in [0.29, 0.717) is 16.8 Å². The minimum Gasteiger partial charge on any atom is -0.448 e. The fourth-order valence-electron chi connectivity index (χ4n) is 5.25. The third-order valence-electron chi connectivity index (χ3n) is 7.78. The largest absolute Gasteiger partial charge is 0.448 e. The minimum atomic E-state index is -0.801. The number of benzene rings is 2. The number of carbonyl (C=O) groups is 3. The molecule has 1 aromatic heterocycles. The van der Waals surface area contributed by atoms with Crippen molar-refractivity contribution in [3.63, 3.8) is 0 Å². The van der Waals surface area contributed by atoms with E-state index < -0.39 is 12.2 Å². The molecule has 11 nitrogen and oxygen atoms in total. The molecule has 1 fully saturated rings. The lowest BCUT2D eigenvalue weighted by molar-refractivity contribution is -0.143. The molecular formula is C31H38N6O5. The Hall–Kier alpha value is -4.22. The van der Waals surface area contributed by atoms with E-state index in [0.717, 1.165) is 55.0 Å². The van der Waals surface area contributed by atoms with Crippen molar-refractivity contribution < 1.29 is 23.9 Å². The zero-order chi connectivity index (χ0) is 29.6. The maximum absolute atomic E-state index is 13.5. The summed E-state index contributed by atoms with van der Waals surface area (Å²) in [4.78, 5) is 46.0. The van der Waals surface area contributed by atoms with Crippen LogP contribution in [0.5, 0.6) is 0 Å². The molecule has 11 heteroatoms. The Kier molecular flexibility index (Phi) is 9.19. The summed E-state index contributed by atoms with van der Waals surface area (Å²) in [6, 6.07) is 16.7. The summed E-state index contributed by atoms with van der Waals surface area (Å²) >= 11 is 0. The molecule has 0 saturated carbocycles. The Morgan fingerprint density at radius 3 is 2.36 bits per heavy atom. The van der Waals surface area contributed by atoms with Gasteiger partial charge in [-0.15, -0.1) is 5.10 Å². The molecule has 0 radical (unpaired) electrons. The van der Waals surface area contributed by atoms with Crippen LogP contribution in [0.4, 0.5) is 16.3 Å². The maximum Gasteiger partial charge on any atom is 0.435 e. The maximum atomic E-state index is 13.5. The molecule has 0 bridgehead atoms. The van der Waals surface area contributed by atoms with Crippen molar-refractivity contribution in [1.29, 1.82) is 0 Å². The standard InChI is InChI=1S/C31H38N6O5/c1-4-5-19-42-31(40)37-26-21-36(30(39)27(41-3)22-9-7-6-8-10-22)20-25(26)28(33-37)32-29(38)23-11-13-24(14-12-23)35-17-15-34(2)16-18-35/h6-14,27H,4-5,15-21H2,1-3H3,(H,32,33,38)/t27-/m1/s1. The molecule has 0 aliphatic carbocycles. The van der Waals surface area contributed by atoms with Crippen molar-refractivity contribution in [3.05, 3.63) is 77.0 Å². The van der Waals surface area contributed by atoms with Gasteiger partial charge in [0.05, 0.1) is 25.4 Å². The van der Waals surface area contributed by atoms with Gasteiger partial charge in [-0.3, -0.25) is 9.59 Å². The number of nitrogens with zero attached hydrogens (tertiary/aromatic N) is 5. The number of unbranched alkanes of at least 4 members (excludes halogenated alkanes) is 1. The number of nitrogens with one attached hydrogen (secondary N) is 1. The van der Waals surface area contributed by atoms with E-state index in [-0.39, 0.29) is 37.3 Å². The van der Waals surface area contributed by atoms with Crippen molar-refractivity contribution in [2.75, 3.05) is 57.2 Å². The molecule has 2 amide bonds. The number of aromatic nitrogens is 2. The second-order valence-electron chi connectivity index (χ2n) is 10.7. The molecule has 222 valence electrons. The van der Waals surface area contributed by atoms with Gasteiger partial charge in [0.2, 0.25) is 0 Å². The van der Waals surface area contributed by atoms with Crippen molar-refractivity contribution in [2.45, 2.75) is 39.0 Å². The first-order chi connectivity index (χ1) is 20.4. The van der Waals surface area contributed by atoms with Gasteiger partial charge in [0, 0.05) is 50.1 Å². The smallest absolute Gasteiger partial charge is 0.435 e. The Morgan fingerprint density at radius 2 is 1.69 bits per heavy atom. The van der Waals surface area contributed by atoms with E-state index in [4.69, 9.17) is 9.47 Å². The number of likely N-dealkylation sites (N-methyl/N-ethyl adjacent to an activating group) is 1. The van der Waals surface area contributed by atoms with Crippen LogP contribution in [0.15, 0.2) is 54.6 Å². The monoisotopic (exact) mass is 574 g/mol. The SMILES string of the molecule is CCCCOC(=O)n1nc(NC(=O)c2ccc(N3CCN(C)CC3)cc2)c2c1CN(C(=O)[C@H](OC)c1ccccc1)C2. The van der Waals surface area contributed by atoms with Crippen LogP contribution in [-0.2, 0) is 27.4 Å². The van der Waals surface area contributed by atoms with Gasteiger partial charge >= 0.3 is 6.09 Å². The number of carbonyl (C=O) groups excluding carboxylic acids is 3. The van der Waals surface area contributed by atoms with Crippen LogP contribution in [0.25, 0.3) is 0 Å². The highest BCUT2D eigenvalue weighted by Crippen LogP contribution is 2.33. The Bertz CT molecular complexity index is 1400. The van der Waals surface area contributed by atoms with Crippen LogP contribution < -0.4 is 10.2 Å². The average molecular weight is 575 g/mol. The second-order valence-corrected chi connectivity index (χ2v) is 10.7. The number of hydrogen-bond acceptors (Lipinski definition) is 8. The Morgan fingerprint density at radius 1 is 0.976 bits per heavy atom. The first kappa shape index (κ1) is 29.3. The van der Waals surface area contributed by atoms with Crippen LogP contribution in [-0.4, -0.2) is 84.4 Å². The first-order valence-corrected chi connectivity index (χ1v) is 14.4. The van der Waals surface area contributed by atoms with Gasteiger partial charge in [-0.25, -0.2) is 4.79 Å². The highest BCUT2D eigenvalue weighted by atomic mass is 16.6. The molecule has 1 N–H and O–H groups in total. The van der Waals surface area contributed by atoms with E-state index in [1.54, 1.807) is 17.0 Å². The van der Waals surface area contributed by atoms with Gasteiger partial charge in [-0.1, -0.05) is 43.7 Å². The summed E-state index contributed by atoms with van der Waals surface area (Å²) in [7, 11) is 3.61. The number of rotatable bonds is 9. The van der Waals surface area contributed by atoms with Crippen LogP contribution in [0.2, 0.25) is 0 Å². The molecule has 3 heterocycles. The highest BCUT2D eigenvalue weighted by molar-refractivity contribution is 6.04. The summed E-state index contributed by atoms with van der Waals surface area (Å²) in [5.41, 5.74) is 3.38. The summed E-state index contributed by atoms with van der Waals surface area (Å²) in [5, 5.41) is 7.29. The van der Waals surface area contributed by atoms with Gasteiger partial charge in [0.25, 0.3) is 11.8 Å². The predicted octanol–water partition coefficient (Wildman–Crippen LogP) is 3.90. The fourth-order valence-corrected chi connectivity index (χ4v) is 5.25. The quantitative estimate of drug-likeness (QED) is 0.384. The van der Waals surface area contributed by atoms with Crippen molar-refractivity contribution in [2.24, 2.45) is 0 Å². The van der Waals surface area contributed by atoms with E-state index in [2.05, 4.69) is 27.3 Å². The van der Waals surface area contributed by atoms with Gasteiger partial charge in [-0.05, 0) is 43.3 Å². The number of ether oxygens (including phenoxy) is 2. The lowest BCUT2D eigenvalue weighted by Gasteiger charge is -2.34. The number of anilines is 2. The number of fused-ring (bicyclic) bond motifs is 1. The second kappa shape index (κ2) is 13.2. The number of amides is 2. The normalized spacial score (nSPS) is 15.8. The molecule has 2 aromatic carbocycles. The Balaban J connectivity index is 1.35. The van der Waals surface area contributed by atoms with Gasteiger partial charge < -0.3 is 29.5 Å². The number of hydrogen-bond donors (Lipinski definition) is 1. The summed E-state index contributed by atoms with van der Waals surface area (Å²) in [5.74, 6) is -0.368. The van der Waals surface area contributed by atoms with E-state index >= 15 is 0 Å². The molecule has 0 unspecified atom stereocenters. The molecule has 3 aromatic rings. The molecule has 1 atom stereocenters. The van der Waals surface area contributed by atoms with Gasteiger partial charge in [-0.2, -0.15) is 4.68 Å². The van der Waals surface area contributed by atoms with E-state index in [1.807, 2.05) is 49.4 Å². The Labute approximate surface area is 246 Å². The molecule has 5 rings (SSSR count). The fraction of sp³-hybridized carbons (Fsp3) is 0.419. The zero-order valence-corrected chi connectivity index (χ0v) is 24.4. The van der Waals surface area contributed by atoms with Gasteiger partial charge in [0.1, 0.15) is 0 Å². The topological polar surface area (TPSA) is 109 Å². The molecule has 0 spiro atoms. The van der Waals surface area contributed by atoms with Crippen LogP contribution in [0, 0.1) is 0 Å². The molecule has 2 aliphatic rings. The van der Waals surface area contributed by atoms with Crippen LogP contribution in [0.3, 0.4) is 0 Å². The molecule has 2 aliphatic heterocycles. The van der Waals surface area contributed by atoms with Crippen molar-refractivity contribution in [3.8, 4) is 0 Å². The predicted molar refractivity (Wildman–Crippen MR) is 158 cm³/mol. The zero-order valence-electron chi connectivity index (χ0n) is 24.4. The van der Waals surface area contributed by atoms with E-state index in [9.17, 15) is 14.4 Å². The molecule has 1 saturated heterocycles. The molecular weight excluding hydrogens is 536 g/mol. The summed E-state index contributed by atoms with van der Waals surface area (Å²) in [6.07, 6.45) is 0.155. The lowest BCUT2D eigenvalue weighted by atomic mass is 10.1. The molecule has 42 heavy (non-hydrogen) atoms. The third-order valence-corrected chi connectivity index (χ3v) is 7.78. The van der Waals surface area contributed by atoms with Crippen LogP contribution in [0.1, 0.15) is 53.0 Å². The first-order valence-electron chi connectivity index (χ1n) is 14.4. The number of methoxy groups -OCH3 is 1. The summed E-state index contributed by atoms with van der Waals surface area (Å²) < 4.78 is 12.1. The lowest BCUT2D eigenvalue weighted by Crippen LogP contribution is -2.44. The average Bonchev–Trinajstić information content (AvgIpc) is 3.59. The third kappa shape index (κ3) is 6.32. The highest BCUT2D eigenvalue weighted by Gasteiger charge is 2.36.